The number of hydrogen-bond donors (Lipinski definition) is 4. The third-order valence-corrected chi connectivity index (χ3v) is 8.72. The fourth-order valence-electron chi connectivity index (χ4n) is 5.28. The van der Waals surface area contributed by atoms with Crippen molar-refractivity contribution in [3.63, 3.8) is 0 Å². The van der Waals surface area contributed by atoms with Crippen molar-refractivity contribution >= 4 is 29.1 Å². The Kier molecular flexibility index (Phi) is 12.2. The third kappa shape index (κ3) is 10.0. The quantitative estimate of drug-likeness (QED) is 0.211. The second-order valence-electron chi connectivity index (χ2n) is 11.7. The molecule has 0 fully saturated rings. The molecule has 15 nitrogen and oxygen atoms in total. The summed E-state index contributed by atoms with van der Waals surface area (Å²) in [6.07, 6.45) is 1.39. The monoisotopic (exact) mass is 691 g/mol. The van der Waals surface area contributed by atoms with Crippen LogP contribution in [0.5, 0.6) is 11.5 Å². The van der Waals surface area contributed by atoms with E-state index in [4.69, 9.17) is 9.47 Å². The van der Waals surface area contributed by atoms with Crippen molar-refractivity contribution in [2.75, 3.05) is 33.4 Å². The van der Waals surface area contributed by atoms with Gasteiger partial charge in [0.2, 0.25) is 11.8 Å². The molecule has 4 aromatic rings. The molecule has 6 rings (SSSR count). The van der Waals surface area contributed by atoms with Gasteiger partial charge >= 0.3 is 0 Å². The number of aromatic nitrogens is 5. The Bertz CT molecular complexity index is 1710. The molecular formula is C33H41N9O6S. The number of amides is 3. The lowest BCUT2D eigenvalue weighted by Gasteiger charge is -2.26. The van der Waals surface area contributed by atoms with Gasteiger partial charge in [-0.1, -0.05) is 35.5 Å². The van der Waals surface area contributed by atoms with Crippen LogP contribution in [0.25, 0.3) is 0 Å². The number of methoxy groups -OCH3 is 1. The summed E-state index contributed by atoms with van der Waals surface area (Å²) < 4.78 is 13.2. The first kappa shape index (κ1) is 35.4. The second-order valence-corrected chi connectivity index (χ2v) is 12.9. The van der Waals surface area contributed by atoms with Crippen molar-refractivity contribution in [2.45, 2.75) is 58.0 Å². The maximum absolute atomic E-state index is 13.7. The van der Waals surface area contributed by atoms with Gasteiger partial charge in [0.05, 0.1) is 32.0 Å². The number of aryl methyl sites for hydroxylation is 1. The van der Waals surface area contributed by atoms with Crippen molar-refractivity contribution in [2.24, 2.45) is 0 Å². The van der Waals surface area contributed by atoms with Crippen LogP contribution in [0, 0.1) is 6.92 Å². The summed E-state index contributed by atoms with van der Waals surface area (Å²) in [5.74, 6) is -0.931. The van der Waals surface area contributed by atoms with Crippen LogP contribution in [-0.4, -0.2) is 104 Å². The lowest BCUT2D eigenvalue weighted by Crippen LogP contribution is -2.58. The number of carbonyl (C=O) groups is 3. The number of ether oxygens (including phenoxy) is 2. The highest BCUT2D eigenvalue weighted by Crippen LogP contribution is 2.28. The summed E-state index contributed by atoms with van der Waals surface area (Å²) in [7, 11) is 1.47. The topological polar surface area (TPSA) is 186 Å². The molecular weight excluding hydrogens is 650 g/mol. The minimum absolute atomic E-state index is 0.148. The summed E-state index contributed by atoms with van der Waals surface area (Å²) in [6.45, 7) is 5.83. The highest BCUT2D eigenvalue weighted by molar-refractivity contribution is 7.11. The Hall–Kier alpha value is -4.93. The van der Waals surface area contributed by atoms with Crippen molar-refractivity contribution in [1.29, 1.82) is 0 Å². The van der Waals surface area contributed by atoms with Crippen LogP contribution in [0.4, 0.5) is 0 Å². The Morgan fingerprint density at radius 1 is 1.04 bits per heavy atom. The smallest absolute Gasteiger partial charge is 0.252 e. The van der Waals surface area contributed by atoms with Crippen molar-refractivity contribution in [1.82, 2.24) is 46.0 Å². The predicted molar refractivity (Wildman–Crippen MR) is 180 cm³/mol. The van der Waals surface area contributed by atoms with E-state index in [0.717, 1.165) is 21.3 Å². The van der Waals surface area contributed by atoms with Gasteiger partial charge in [-0.15, -0.1) is 26.6 Å². The standard InChI is InChI=1S/C33H41N9O6S/c1-21(43)30-33(46)34-12-14-41(20-29-39-37-22(2)49-29)13-11-25-19-42(40-38-25)15-16-48-27-10-9-24(18-28(27)47-3)31(44)35-26(32(45)36-30)17-23-7-5-4-6-8-23/h4-10,18-19,21,26,30,43H,11-17,20H2,1-3H3,(H,34,46)(H,35,44)(H,36,45)/t21-,26-,30+/m1/s1. The zero-order valence-corrected chi connectivity index (χ0v) is 28.5. The van der Waals surface area contributed by atoms with E-state index in [2.05, 4.69) is 41.4 Å². The molecule has 0 saturated heterocycles. The summed E-state index contributed by atoms with van der Waals surface area (Å²) in [4.78, 5) is 42.6. The number of fused-ring (bicyclic) bond motifs is 16. The molecule has 2 aliphatic rings. The zero-order valence-electron chi connectivity index (χ0n) is 27.7. The number of rotatable bonds is 6. The Balaban J connectivity index is 1.40. The Morgan fingerprint density at radius 3 is 2.59 bits per heavy atom. The first-order chi connectivity index (χ1) is 23.7. The van der Waals surface area contributed by atoms with E-state index in [9.17, 15) is 19.5 Å². The van der Waals surface area contributed by atoms with Crippen LogP contribution in [0.1, 0.15) is 38.6 Å². The van der Waals surface area contributed by atoms with Crippen LogP contribution in [0.15, 0.2) is 54.7 Å². The molecule has 49 heavy (non-hydrogen) atoms. The number of carbonyl (C=O) groups excluding carboxylic acids is 3. The molecule has 4 heterocycles. The van der Waals surface area contributed by atoms with Gasteiger partial charge in [-0.25, -0.2) is 4.68 Å². The van der Waals surface area contributed by atoms with E-state index in [1.807, 2.05) is 43.5 Å². The van der Waals surface area contributed by atoms with Crippen LogP contribution in [0.3, 0.4) is 0 Å². The van der Waals surface area contributed by atoms with E-state index < -0.39 is 35.9 Å². The first-order valence-electron chi connectivity index (χ1n) is 16.0. The summed E-state index contributed by atoms with van der Waals surface area (Å²) in [5, 5.41) is 37.5. The van der Waals surface area contributed by atoms with E-state index in [-0.39, 0.29) is 25.1 Å². The average molecular weight is 692 g/mol. The maximum Gasteiger partial charge on any atom is 0.252 e. The fraction of sp³-hybridized carbons (Fsp3) is 0.424. The fourth-order valence-corrected chi connectivity index (χ4v) is 6.03. The summed E-state index contributed by atoms with van der Waals surface area (Å²) in [5.41, 5.74) is 1.83. The minimum atomic E-state index is -1.27. The Morgan fingerprint density at radius 2 is 1.86 bits per heavy atom. The van der Waals surface area contributed by atoms with E-state index in [0.29, 0.717) is 44.1 Å². The van der Waals surface area contributed by atoms with Gasteiger partial charge in [0.1, 0.15) is 28.7 Å². The van der Waals surface area contributed by atoms with E-state index in [1.54, 1.807) is 16.8 Å². The molecule has 2 aromatic heterocycles. The molecule has 0 unspecified atom stereocenters. The van der Waals surface area contributed by atoms with E-state index >= 15 is 0 Å². The molecule has 4 bridgehead atoms. The lowest BCUT2D eigenvalue weighted by molar-refractivity contribution is -0.132. The number of aliphatic hydroxyl groups is 1. The van der Waals surface area contributed by atoms with Crippen LogP contribution in [-0.2, 0) is 35.5 Å². The highest BCUT2D eigenvalue weighted by Gasteiger charge is 2.30. The van der Waals surface area contributed by atoms with Gasteiger partial charge in [-0.05, 0) is 37.6 Å². The molecule has 16 heteroatoms. The van der Waals surface area contributed by atoms with E-state index in [1.165, 1.54) is 31.4 Å². The minimum Gasteiger partial charge on any atom is -0.493 e. The SMILES string of the molecule is COc1cc2ccc1OCCn1cc(nn1)CCN(Cc1nnc(C)s1)CCNC(=O)[C@H]([C@@H](C)O)NC(=O)[C@@H](Cc1ccccc1)NC2=O. The molecule has 0 saturated carbocycles. The lowest BCUT2D eigenvalue weighted by atomic mass is 10.0. The molecule has 0 radical (unpaired) electrons. The second kappa shape index (κ2) is 16.9. The largest absolute Gasteiger partial charge is 0.493 e. The maximum atomic E-state index is 13.7. The predicted octanol–water partition coefficient (Wildman–Crippen LogP) is 0.907. The van der Waals surface area contributed by atoms with Crippen LogP contribution < -0.4 is 25.4 Å². The van der Waals surface area contributed by atoms with Gasteiger partial charge in [0, 0.05) is 44.2 Å². The first-order valence-corrected chi connectivity index (χ1v) is 16.8. The van der Waals surface area contributed by atoms with Gasteiger partial charge in [0.25, 0.3) is 5.91 Å². The molecule has 3 amide bonds. The number of nitrogens with one attached hydrogen (secondary N) is 3. The zero-order chi connectivity index (χ0) is 34.8. The van der Waals surface area contributed by atoms with Gasteiger partial charge < -0.3 is 30.5 Å². The van der Waals surface area contributed by atoms with Crippen LogP contribution in [0.2, 0.25) is 0 Å². The van der Waals surface area contributed by atoms with Gasteiger partial charge in [0.15, 0.2) is 11.5 Å². The van der Waals surface area contributed by atoms with Gasteiger partial charge in [-0.3, -0.25) is 19.3 Å². The van der Waals surface area contributed by atoms with Crippen LogP contribution >= 0.6 is 11.3 Å². The third-order valence-electron chi connectivity index (χ3n) is 7.90. The molecule has 2 aliphatic heterocycles. The van der Waals surface area contributed by atoms with Crippen molar-refractivity contribution in [3.05, 3.63) is 81.6 Å². The summed E-state index contributed by atoms with van der Waals surface area (Å²) in [6, 6.07) is 11.6. The number of aliphatic hydroxyl groups excluding tert-OH is 1. The number of nitrogens with zero attached hydrogens (tertiary/aromatic N) is 6. The average Bonchev–Trinajstić information content (AvgIpc) is 3.73. The number of benzene rings is 2. The van der Waals surface area contributed by atoms with Crippen molar-refractivity contribution in [3.8, 4) is 11.5 Å². The molecule has 4 N–H and O–H groups in total. The summed E-state index contributed by atoms with van der Waals surface area (Å²) >= 11 is 1.50. The molecule has 0 spiro atoms. The normalized spacial score (nSPS) is 19.3. The molecule has 3 atom stereocenters. The molecule has 0 aliphatic carbocycles. The highest BCUT2D eigenvalue weighted by atomic mass is 32.1. The van der Waals surface area contributed by atoms with Crippen molar-refractivity contribution < 1.29 is 29.0 Å². The Labute approximate surface area is 288 Å². The number of hydrogen-bond acceptors (Lipinski definition) is 12. The van der Waals surface area contributed by atoms with Gasteiger partial charge in [-0.2, -0.15) is 0 Å². The molecule has 2 aromatic carbocycles. The molecule has 260 valence electrons.